The summed E-state index contributed by atoms with van der Waals surface area (Å²) in [5.41, 5.74) is 0.337. The van der Waals surface area contributed by atoms with Crippen LogP contribution in [-0.2, 0) is 9.53 Å². The number of Topliss-reactive ketones (excluding diaryl/α,β-unsaturated/α-hetero) is 1. The molecule has 0 aliphatic carbocycles. The van der Waals surface area contributed by atoms with Gasteiger partial charge in [-0.3, -0.25) is 9.59 Å². The smallest absolute Gasteiger partial charge is 0.316 e. The first kappa shape index (κ1) is 16.0. The number of ether oxygens (including phenoxy) is 1. The third-order valence-electron chi connectivity index (χ3n) is 2.80. The Morgan fingerprint density at radius 2 is 1.79 bits per heavy atom. The van der Waals surface area contributed by atoms with Crippen molar-refractivity contribution in [3.8, 4) is 0 Å². The standard InChI is InChI=1S/C14H16Cl2O3/c1-3-4-5-12(14(18)19-2)13(17)9-6-10(15)8-11(16)7-9/h6-8,12H,3-5H2,1-2H3. The van der Waals surface area contributed by atoms with Crippen LogP contribution in [0.2, 0.25) is 10.0 Å². The molecule has 0 radical (unpaired) electrons. The summed E-state index contributed by atoms with van der Waals surface area (Å²) in [6.07, 6.45) is 2.14. The second kappa shape index (κ2) is 7.51. The largest absolute Gasteiger partial charge is 0.468 e. The minimum Gasteiger partial charge on any atom is -0.468 e. The molecule has 3 nitrogen and oxygen atoms in total. The van der Waals surface area contributed by atoms with Crippen molar-refractivity contribution in [2.24, 2.45) is 5.92 Å². The van der Waals surface area contributed by atoms with Crippen molar-refractivity contribution in [2.45, 2.75) is 26.2 Å². The van der Waals surface area contributed by atoms with Crippen LogP contribution < -0.4 is 0 Å². The van der Waals surface area contributed by atoms with Gasteiger partial charge in [0.05, 0.1) is 7.11 Å². The highest BCUT2D eigenvalue weighted by Crippen LogP contribution is 2.23. The van der Waals surface area contributed by atoms with Crippen LogP contribution in [0.3, 0.4) is 0 Å². The van der Waals surface area contributed by atoms with E-state index in [0.717, 1.165) is 12.8 Å². The number of ketones is 1. The number of halogens is 2. The molecular formula is C14H16Cl2O3. The van der Waals surface area contributed by atoms with Gasteiger partial charge in [0, 0.05) is 15.6 Å². The molecule has 1 aromatic carbocycles. The van der Waals surface area contributed by atoms with Gasteiger partial charge in [0.1, 0.15) is 5.92 Å². The molecule has 0 saturated heterocycles. The molecule has 0 spiro atoms. The third kappa shape index (κ3) is 4.51. The highest BCUT2D eigenvalue weighted by molar-refractivity contribution is 6.35. The van der Waals surface area contributed by atoms with Gasteiger partial charge in [-0.15, -0.1) is 0 Å². The quantitative estimate of drug-likeness (QED) is 0.450. The predicted octanol–water partition coefficient (Wildman–Crippen LogP) is 4.16. The van der Waals surface area contributed by atoms with Gasteiger partial charge in [-0.1, -0.05) is 43.0 Å². The summed E-state index contributed by atoms with van der Waals surface area (Å²) >= 11 is 11.7. The first-order valence-corrected chi connectivity index (χ1v) is 6.83. The maximum Gasteiger partial charge on any atom is 0.316 e. The Bertz CT molecular complexity index is 452. The summed E-state index contributed by atoms with van der Waals surface area (Å²) in [6.45, 7) is 2.00. The molecule has 0 fully saturated rings. The Morgan fingerprint density at radius 1 is 1.21 bits per heavy atom. The lowest BCUT2D eigenvalue weighted by Gasteiger charge is -2.13. The van der Waals surface area contributed by atoms with Crippen molar-refractivity contribution in [1.29, 1.82) is 0 Å². The summed E-state index contributed by atoms with van der Waals surface area (Å²) in [7, 11) is 1.28. The van der Waals surface area contributed by atoms with E-state index in [1.54, 1.807) is 6.07 Å². The average Bonchev–Trinajstić information content (AvgIpc) is 2.37. The first-order valence-electron chi connectivity index (χ1n) is 6.07. The maximum absolute atomic E-state index is 12.3. The predicted molar refractivity (Wildman–Crippen MR) is 75.8 cm³/mol. The first-order chi connectivity index (χ1) is 8.99. The van der Waals surface area contributed by atoms with Crippen molar-refractivity contribution in [2.75, 3.05) is 7.11 Å². The van der Waals surface area contributed by atoms with Crippen molar-refractivity contribution >= 4 is 35.0 Å². The minimum atomic E-state index is -0.792. The minimum absolute atomic E-state index is 0.301. The number of benzene rings is 1. The number of rotatable bonds is 6. The molecule has 1 aromatic rings. The fourth-order valence-electron chi connectivity index (χ4n) is 1.80. The van der Waals surface area contributed by atoms with Gasteiger partial charge < -0.3 is 4.74 Å². The monoisotopic (exact) mass is 302 g/mol. The number of esters is 1. The van der Waals surface area contributed by atoms with Gasteiger partial charge in [-0.25, -0.2) is 0 Å². The number of methoxy groups -OCH3 is 1. The van der Waals surface area contributed by atoms with Crippen LogP contribution in [0.1, 0.15) is 36.5 Å². The molecule has 0 bridgehead atoms. The molecule has 0 aromatic heterocycles. The Kier molecular flexibility index (Phi) is 6.32. The third-order valence-corrected chi connectivity index (χ3v) is 3.23. The van der Waals surface area contributed by atoms with E-state index >= 15 is 0 Å². The van der Waals surface area contributed by atoms with Gasteiger partial charge in [0.2, 0.25) is 0 Å². The molecular weight excluding hydrogens is 287 g/mol. The molecule has 0 aliphatic rings. The molecule has 19 heavy (non-hydrogen) atoms. The van der Waals surface area contributed by atoms with E-state index in [1.165, 1.54) is 19.2 Å². The Balaban J connectivity index is 3.00. The normalized spacial score (nSPS) is 12.0. The molecule has 0 saturated carbocycles. The zero-order chi connectivity index (χ0) is 14.4. The molecule has 0 N–H and O–H groups in total. The lowest BCUT2D eigenvalue weighted by molar-refractivity contribution is -0.143. The Labute approximate surface area is 122 Å². The van der Waals surface area contributed by atoms with E-state index in [-0.39, 0.29) is 5.78 Å². The van der Waals surface area contributed by atoms with E-state index < -0.39 is 11.9 Å². The molecule has 104 valence electrons. The van der Waals surface area contributed by atoms with E-state index in [2.05, 4.69) is 4.74 Å². The summed E-state index contributed by atoms with van der Waals surface area (Å²) < 4.78 is 4.69. The average molecular weight is 303 g/mol. The molecule has 1 atom stereocenters. The van der Waals surface area contributed by atoms with E-state index in [9.17, 15) is 9.59 Å². The van der Waals surface area contributed by atoms with E-state index in [0.29, 0.717) is 22.0 Å². The number of hydrogen-bond donors (Lipinski definition) is 0. The Hall–Kier alpha value is -1.06. The Morgan fingerprint density at radius 3 is 2.26 bits per heavy atom. The summed E-state index contributed by atoms with van der Waals surface area (Å²) in [5.74, 6) is -1.61. The van der Waals surface area contributed by atoms with Crippen molar-refractivity contribution in [1.82, 2.24) is 0 Å². The molecule has 1 unspecified atom stereocenters. The highest BCUT2D eigenvalue weighted by atomic mass is 35.5. The second-order valence-electron chi connectivity index (χ2n) is 4.24. The lowest BCUT2D eigenvalue weighted by Crippen LogP contribution is -2.25. The van der Waals surface area contributed by atoms with Gasteiger partial charge >= 0.3 is 5.97 Å². The molecule has 0 amide bonds. The summed E-state index contributed by atoms with van der Waals surface area (Å²) in [5, 5.41) is 0.741. The molecule has 5 heteroatoms. The molecule has 1 rings (SSSR count). The second-order valence-corrected chi connectivity index (χ2v) is 5.11. The van der Waals surface area contributed by atoms with Gasteiger partial charge in [-0.05, 0) is 24.6 Å². The van der Waals surface area contributed by atoms with Crippen LogP contribution in [-0.4, -0.2) is 18.9 Å². The van der Waals surface area contributed by atoms with Crippen molar-refractivity contribution in [3.05, 3.63) is 33.8 Å². The zero-order valence-corrected chi connectivity index (χ0v) is 12.4. The molecule has 0 heterocycles. The topological polar surface area (TPSA) is 43.4 Å². The van der Waals surface area contributed by atoms with Crippen molar-refractivity contribution in [3.63, 3.8) is 0 Å². The molecule has 0 aliphatic heterocycles. The van der Waals surface area contributed by atoms with Gasteiger partial charge in [0.25, 0.3) is 0 Å². The van der Waals surface area contributed by atoms with Crippen molar-refractivity contribution < 1.29 is 14.3 Å². The number of hydrogen-bond acceptors (Lipinski definition) is 3. The van der Waals surface area contributed by atoms with E-state index in [1.807, 2.05) is 6.92 Å². The SMILES string of the molecule is CCCCC(C(=O)OC)C(=O)c1cc(Cl)cc(Cl)c1. The zero-order valence-electron chi connectivity index (χ0n) is 10.9. The fraction of sp³-hybridized carbons (Fsp3) is 0.429. The van der Waals surface area contributed by atoms with Crippen LogP contribution >= 0.6 is 23.2 Å². The summed E-state index contributed by atoms with van der Waals surface area (Å²) in [4.78, 5) is 24.0. The number of carbonyl (C=O) groups excluding carboxylic acids is 2. The van der Waals surface area contributed by atoms with E-state index in [4.69, 9.17) is 23.2 Å². The number of carbonyl (C=O) groups is 2. The van der Waals surface area contributed by atoms with Crippen LogP contribution in [0.5, 0.6) is 0 Å². The maximum atomic E-state index is 12.3. The van der Waals surface area contributed by atoms with Crippen LogP contribution in [0.4, 0.5) is 0 Å². The van der Waals surface area contributed by atoms with Crippen LogP contribution in [0.15, 0.2) is 18.2 Å². The van der Waals surface area contributed by atoms with Gasteiger partial charge in [0.15, 0.2) is 5.78 Å². The van der Waals surface area contributed by atoms with Crippen LogP contribution in [0.25, 0.3) is 0 Å². The number of unbranched alkanes of at least 4 members (excludes halogenated alkanes) is 1. The highest BCUT2D eigenvalue weighted by Gasteiger charge is 2.28. The lowest BCUT2D eigenvalue weighted by atomic mass is 9.93. The summed E-state index contributed by atoms with van der Waals surface area (Å²) in [6, 6.07) is 4.56. The van der Waals surface area contributed by atoms with Gasteiger partial charge in [-0.2, -0.15) is 0 Å². The fourth-order valence-corrected chi connectivity index (χ4v) is 2.33. The van der Waals surface area contributed by atoms with Crippen LogP contribution in [0, 0.1) is 5.92 Å².